The van der Waals surface area contributed by atoms with Gasteiger partial charge in [0.25, 0.3) is 11.8 Å². The molecule has 3 N–H and O–H groups in total. The third-order valence-corrected chi connectivity index (χ3v) is 3.32. The van der Waals surface area contributed by atoms with E-state index < -0.39 is 0 Å². The zero-order valence-corrected chi connectivity index (χ0v) is 10.8. The van der Waals surface area contributed by atoms with Crippen LogP contribution in [0.15, 0.2) is 18.2 Å². The second-order valence-electron chi connectivity index (χ2n) is 4.67. The van der Waals surface area contributed by atoms with Crippen molar-refractivity contribution in [3.05, 3.63) is 29.3 Å². The number of unbranched alkanes of at least 4 members (excludes halogenated alkanes) is 3. The molecule has 102 valence electrons. The Hall–Kier alpha value is -1.88. The van der Waals surface area contributed by atoms with Crippen LogP contribution in [0, 0.1) is 0 Å². The highest BCUT2D eigenvalue weighted by Crippen LogP contribution is 2.27. The number of nitrogens with two attached hydrogens (primary N) is 1. The number of nitrogens with zero attached hydrogens (tertiary/aromatic N) is 1. The summed E-state index contributed by atoms with van der Waals surface area (Å²) in [6, 6.07) is 4.95. The fourth-order valence-electron chi connectivity index (χ4n) is 2.30. The van der Waals surface area contributed by atoms with Crippen molar-refractivity contribution in [2.75, 3.05) is 18.9 Å². The van der Waals surface area contributed by atoms with Gasteiger partial charge in [0, 0.05) is 18.8 Å². The third-order valence-electron chi connectivity index (χ3n) is 3.32. The Labute approximate surface area is 112 Å². The molecule has 0 saturated carbocycles. The number of hydrogen-bond acceptors (Lipinski definition) is 4. The number of nitrogen functional groups attached to an aromatic ring is 1. The molecule has 0 unspecified atom stereocenters. The lowest BCUT2D eigenvalue weighted by Gasteiger charge is -2.13. The Morgan fingerprint density at radius 1 is 1.05 bits per heavy atom. The quantitative estimate of drug-likeness (QED) is 0.461. The van der Waals surface area contributed by atoms with Gasteiger partial charge in [0.1, 0.15) is 0 Å². The molecule has 0 spiro atoms. The van der Waals surface area contributed by atoms with Gasteiger partial charge in [-0.25, -0.2) is 0 Å². The van der Waals surface area contributed by atoms with Gasteiger partial charge < -0.3 is 10.8 Å². The van der Waals surface area contributed by atoms with Gasteiger partial charge in [-0.1, -0.05) is 18.9 Å². The lowest BCUT2D eigenvalue weighted by Crippen LogP contribution is -2.30. The molecule has 0 saturated heterocycles. The van der Waals surface area contributed by atoms with E-state index in [9.17, 15) is 9.59 Å². The fraction of sp³-hybridized carbons (Fsp3) is 0.429. The van der Waals surface area contributed by atoms with Gasteiger partial charge in [0.2, 0.25) is 0 Å². The maximum atomic E-state index is 12.1. The molecule has 0 aliphatic carbocycles. The number of benzene rings is 1. The van der Waals surface area contributed by atoms with Crippen molar-refractivity contribution in [1.82, 2.24) is 4.90 Å². The first-order valence-corrected chi connectivity index (χ1v) is 6.52. The maximum absolute atomic E-state index is 12.1. The zero-order valence-electron chi connectivity index (χ0n) is 10.8. The van der Waals surface area contributed by atoms with Gasteiger partial charge in [-0.3, -0.25) is 14.5 Å². The van der Waals surface area contributed by atoms with Crippen molar-refractivity contribution in [3.63, 3.8) is 0 Å². The first kappa shape index (κ1) is 13.5. The molecule has 5 nitrogen and oxygen atoms in total. The molecule has 2 amide bonds. The highest BCUT2D eigenvalue weighted by atomic mass is 16.3. The molecule has 1 aliphatic rings. The van der Waals surface area contributed by atoms with E-state index in [1.807, 2.05) is 0 Å². The molecule has 5 heteroatoms. The van der Waals surface area contributed by atoms with E-state index in [0.29, 0.717) is 23.4 Å². The molecule has 2 rings (SSSR count). The van der Waals surface area contributed by atoms with E-state index >= 15 is 0 Å². The molecule has 1 heterocycles. The normalized spacial score (nSPS) is 14.1. The first-order valence-electron chi connectivity index (χ1n) is 6.52. The van der Waals surface area contributed by atoms with Crippen molar-refractivity contribution >= 4 is 17.5 Å². The lowest BCUT2D eigenvalue weighted by atomic mass is 10.1. The summed E-state index contributed by atoms with van der Waals surface area (Å²) in [7, 11) is 0. The van der Waals surface area contributed by atoms with Crippen molar-refractivity contribution in [1.29, 1.82) is 0 Å². The second kappa shape index (κ2) is 5.84. The summed E-state index contributed by atoms with van der Waals surface area (Å²) in [4.78, 5) is 25.5. The van der Waals surface area contributed by atoms with Crippen LogP contribution in [0.2, 0.25) is 0 Å². The van der Waals surface area contributed by atoms with Crippen LogP contribution >= 0.6 is 0 Å². The summed E-state index contributed by atoms with van der Waals surface area (Å²) in [5.74, 6) is -0.547. The van der Waals surface area contributed by atoms with Crippen LogP contribution in [0.1, 0.15) is 46.4 Å². The second-order valence-corrected chi connectivity index (χ2v) is 4.67. The Morgan fingerprint density at radius 3 is 2.47 bits per heavy atom. The predicted molar refractivity (Wildman–Crippen MR) is 71.8 cm³/mol. The Bertz CT molecular complexity index is 499. The van der Waals surface area contributed by atoms with Gasteiger partial charge >= 0.3 is 0 Å². The summed E-state index contributed by atoms with van der Waals surface area (Å²) in [5, 5.41) is 8.68. The van der Waals surface area contributed by atoms with Crippen LogP contribution in [0.25, 0.3) is 0 Å². The van der Waals surface area contributed by atoms with Crippen LogP contribution in [-0.2, 0) is 0 Å². The topological polar surface area (TPSA) is 83.6 Å². The van der Waals surface area contributed by atoms with Gasteiger partial charge in [-0.05, 0) is 25.0 Å². The standard InChI is InChI=1S/C14H18N2O3/c15-11-7-5-6-10-12(11)14(19)16(13(10)18)8-3-1-2-4-9-17/h5-7,17H,1-4,8-9,15H2. The summed E-state index contributed by atoms with van der Waals surface area (Å²) in [6.45, 7) is 0.598. The minimum absolute atomic E-state index is 0.184. The molecule has 1 aromatic carbocycles. The molecule has 0 fully saturated rings. The van der Waals surface area contributed by atoms with Crippen LogP contribution in [-0.4, -0.2) is 35.0 Å². The number of rotatable bonds is 6. The summed E-state index contributed by atoms with van der Waals surface area (Å²) in [6.07, 6.45) is 3.31. The van der Waals surface area contributed by atoms with E-state index in [1.54, 1.807) is 18.2 Å². The van der Waals surface area contributed by atoms with E-state index in [1.165, 1.54) is 4.90 Å². The largest absolute Gasteiger partial charge is 0.398 e. The average molecular weight is 262 g/mol. The first-order chi connectivity index (χ1) is 9.16. The minimum atomic E-state index is -0.291. The van der Waals surface area contributed by atoms with Crippen LogP contribution < -0.4 is 5.73 Å². The van der Waals surface area contributed by atoms with Crippen molar-refractivity contribution in [2.45, 2.75) is 25.7 Å². The molecule has 0 atom stereocenters. The molecule has 1 aliphatic heterocycles. The van der Waals surface area contributed by atoms with E-state index in [2.05, 4.69) is 0 Å². The van der Waals surface area contributed by atoms with Gasteiger partial charge in [0.15, 0.2) is 0 Å². The monoisotopic (exact) mass is 262 g/mol. The van der Waals surface area contributed by atoms with Crippen molar-refractivity contribution in [2.24, 2.45) is 0 Å². The molecular weight excluding hydrogens is 244 g/mol. The number of carbonyl (C=O) groups excluding carboxylic acids is 2. The van der Waals surface area contributed by atoms with Crippen LogP contribution in [0.5, 0.6) is 0 Å². The highest BCUT2D eigenvalue weighted by Gasteiger charge is 2.36. The summed E-state index contributed by atoms with van der Waals surface area (Å²) < 4.78 is 0. The van der Waals surface area contributed by atoms with E-state index in [4.69, 9.17) is 10.8 Å². The molecule has 1 aromatic rings. The smallest absolute Gasteiger partial charge is 0.263 e. The Morgan fingerprint density at radius 2 is 1.79 bits per heavy atom. The Kier molecular flexibility index (Phi) is 4.16. The SMILES string of the molecule is Nc1cccc2c1C(=O)N(CCCCCCO)C2=O. The predicted octanol–water partition coefficient (Wildman–Crippen LogP) is 1.42. The molecule has 0 aromatic heterocycles. The maximum Gasteiger partial charge on any atom is 0.263 e. The zero-order chi connectivity index (χ0) is 13.8. The third kappa shape index (κ3) is 2.61. The van der Waals surface area contributed by atoms with Crippen molar-refractivity contribution in [3.8, 4) is 0 Å². The number of anilines is 1. The minimum Gasteiger partial charge on any atom is -0.398 e. The summed E-state index contributed by atoms with van der Waals surface area (Å²) in [5.41, 5.74) is 6.85. The number of imide groups is 1. The number of aliphatic hydroxyl groups is 1. The van der Waals surface area contributed by atoms with Crippen molar-refractivity contribution < 1.29 is 14.7 Å². The number of carbonyl (C=O) groups is 2. The lowest BCUT2D eigenvalue weighted by molar-refractivity contribution is 0.0651. The summed E-state index contributed by atoms with van der Waals surface area (Å²) >= 11 is 0. The van der Waals surface area contributed by atoms with E-state index in [0.717, 1.165) is 25.7 Å². The van der Waals surface area contributed by atoms with Crippen LogP contribution in [0.4, 0.5) is 5.69 Å². The Balaban J connectivity index is 2.00. The molecule has 19 heavy (non-hydrogen) atoms. The van der Waals surface area contributed by atoms with Gasteiger partial charge in [0.05, 0.1) is 11.1 Å². The highest BCUT2D eigenvalue weighted by molar-refractivity contribution is 6.23. The fourth-order valence-corrected chi connectivity index (χ4v) is 2.30. The van der Waals surface area contributed by atoms with Gasteiger partial charge in [-0.15, -0.1) is 0 Å². The van der Waals surface area contributed by atoms with Gasteiger partial charge in [-0.2, -0.15) is 0 Å². The average Bonchev–Trinajstić information content (AvgIpc) is 2.64. The number of fused-ring (bicyclic) bond motifs is 1. The molecule has 0 bridgehead atoms. The number of amides is 2. The molecule has 0 radical (unpaired) electrons. The number of hydrogen-bond donors (Lipinski definition) is 2. The number of aliphatic hydroxyl groups excluding tert-OH is 1. The van der Waals surface area contributed by atoms with E-state index in [-0.39, 0.29) is 18.4 Å². The van der Waals surface area contributed by atoms with Crippen LogP contribution in [0.3, 0.4) is 0 Å². The molecular formula is C14H18N2O3.